The summed E-state index contributed by atoms with van der Waals surface area (Å²) < 4.78 is 13.3. The van der Waals surface area contributed by atoms with Crippen molar-refractivity contribution in [2.45, 2.75) is 26.2 Å². The molecule has 0 aliphatic rings. The van der Waals surface area contributed by atoms with Crippen molar-refractivity contribution >= 4 is 0 Å². The number of halogens is 1. The van der Waals surface area contributed by atoms with Crippen LogP contribution in [-0.2, 0) is 5.41 Å². The summed E-state index contributed by atoms with van der Waals surface area (Å²) in [7, 11) is 0. The molecule has 0 aromatic heterocycles. The van der Waals surface area contributed by atoms with Crippen LogP contribution in [-0.4, -0.2) is 0 Å². The number of hydrogen-bond donors (Lipinski definition) is 0. The van der Waals surface area contributed by atoms with E-state index < -0.39 is 0 Å². The van der Waals surface area contributed by atoms with Crippen LogP contribution in [0.3, 0.4) is 0 Å². The van der Waals surface area contributed by atoms with Crippen molar-refractivity contribution in [1.82, 2.24) is 0 Å². The highest BCUT2D eigenvalue weighted by Gasteiger charge is 2.17. The molecule has 0 amide bonds. The first-order valence-electron chi connectivity index (χ1n) is 4.03. The third-order valence-corrected chi connectivity index (χ3v) is 1.84. The second-order valence-electron chi connectivity index (χ2n) is 4.06. The van der Waals surface area contributed by atoms with E-state index in [0.717, 1.165) is 11.1 Å². The maximum Gasteiger partial charge on any atom is 0.127 e. The van der Waals surface area contributed by atoms with Gasteiger partial charge in [-0.25, -0.2) is 4.39 Å². The standard InChI is InChI=1S/C11H14F/c1-8-5-6-9(10(12)7-8)11(2,3)4/h5-7H,1H2,2-4H3. The van der Waals surface area contributed by atoms with Crippen molar-refractivity contribution in [2.24, 2.45) is 0 Å². The minimum absolute atomic E-state index is 0.127. The molecule has 0 atom stereocenters. The molecule has 0 heterocycles. The molecule has 0 nitrogen and oxygen atoms in total. The maximum absolute atomic E-state index is 13.3. The van der Waals surface area contributed by atoms with Gasteiger partial charge in [-0.05, 0) is 29.5 Å². The highest BCUT2D eigenvalue weighted by Crippen LogP contribution is 2.25. The van der Waals surface area contributed by atoms with E-state index in [2.05, 4.69) is 6.92 Å². The van der Waals surface area contributed by atoms with E-state index in [-0.39, 0.29) is 11.2 Å². The first kappa shape index (κ1) is 9.24. The lowest BCUT2D eigenvalue weighted by Gasteiger charge is -2.19. The molecular weight excluding hydrogens is 151 g/mol. The van der Waals surface area contributed by atoms with Gasteiger partial charge in [0.15, 0.2) is 0 Å². The molecule has 0 bridgehead atoms. The lowest BCUT2D eigenvalue weighted by molar-refractivity contribution is 0.522. The molecule has 0 aliphatic carbocycles. The first-order chi connectivity index (χ1) is 5.41. The van der Waals surface area contributed by atoms with Gasteiger partial charge in [0.25, 0.3) is 0 Å². The third-order valence-electron chi connectivity index (χ3n) is 1.84. The van der Waals surface area contributed by atoms with E-state index >= 15 is 0 Å². The van der Waals surface area contributed by atoms with Gasteiger partial charge < -0.3 is 0 Å². The van der Waals surface area contributed by atoms with Crippen molar-refractivity contribution in [3.63, 3.8) is 0 Å². The van der Waals surface area contributed by atoms with Crippen LogP contribution < -0.4 is 0 Å². The highest BCUT2D eigenvalue weighted by atomic mass is 19.1. The van der Waals surface area contributed by atoms with E-state index in [1.807, 2.05) is 26.8 Å². The van der Waals surface area contributed by atoms with E-state index in [1.54, 1.807) is 6.07 Å². The van der Waals surface area contributed by atoms with Gasteiger partial charge in [0, 0.05) is 0 Å². The van der Waals surface area contributed by atoms with Crippen molar-refractivity contribution in [3.8, 4) is 0 Å². The Bertz CT molecular complexity index is 282. The van der Waals surface area contributed by atoms with E-state index in [1.165, 1.54) is 6.07 Å². The summed E-state index contributed by atoms with van der Waals surface area (Å²) in [6.07, 6.45) is 0. The van der Waals surface area contributed by atoms with Gasteiger partial charge in [0.1, 0.15) is 5.82 Å². The van der Waals surface area contributed by atoms with E-state index in [0.29, 0.717) is 0 Å². The summed E-state index contributed by atoms with van der Waals surface area (Å²) in [5.74, 6) is -0.157. The SMILES string of the molecule is [CH2]c1ccc(C(C)(C)C)c(F)c1. The van der Waals surface area contributed by atoms with E-state index in [4.69, 9.17) is 0 Å². The monoisotopic (exact) mass is 165 g/mol. The van der Waals surface area contributed by atoms with Crippen LogP contribution in [0.2, 0.25) is 0 Å². The zero-order valence-corrected chi connectivity index (χ0v) is 7.82. The number of hydrogen-bond acceptors (Lipinski definition) is 0. The smallest absolute Gasteiger partial charge is 0.127 e. The molecule has 0 saturated carbocycles. The molecule has 0 fully saturated rings. The molecule has 0 spiro atoms. The summed E-state index contributed by atoms with van der Waals surface area (Å²) in [6, 6.07) is 5.11. The second-order valence-corrected chi connectivity index (χ2v) is 4.06. The van der Waals surface area contributed by atoms with Crippen LogP contribution in [0, 0.1) is 12.7 Å². The lowest BCUT2D eigenvalue weighted by atomic mass is 9.86. The topological polar surface area (TPSA) is 0 Å². The van der Waals surface area contributed by atoms with Crippen molar-refractivity contribution in [2.75, 3.05) is 0 Å². The highest BCUT2D eigenvalue weighted by molar-refractivity contribution is 5.30. The van der Waals surface area contributed by atoms with Gasteiger partial charge in [0.05, 0.1) is 0 Å². The van der Waals surface area contributed by atoms with Crippen LogP contribution >= 0.6 is 0 Å². The summed E-state index contributed by atoms with van der Waals surface area (Å²) >= 11 is 0. The molecule has 12 heavy (non-hydrogen) atoms. The van der Waals surface area contributed by atoms with Crippen molar-refractivity contribution < 1.29 is 4.39 Å². The predicted molar refractivity (Wildman–Crippen MR) is 49.6 cm³/mol. The van der Waals surface area contributed by atoms with Gasteiger partial charge in [-0.15, -0.1) is 0 Å². The fraction of sp³-hybridized carbons (Fsp3) is 0.364. The number of benzene rings is 1. The van der Waals surface area contributed by atoms with Crippen LogP contribution in [0.15, 0.2) is 18.2 Å². The van der Waals surface area contributed by atoms with E-state index in [9.17, 15) is 4.39 Å². The Labute approximate surface area is 73.4 Å². The van der Waals surface area contributed by atoms with Crippen molar-refractivity contribution in [3.05, 3.63) is 42.1 Å². The fourth-order valence-corrected chi connectivity index (χ4v) is 1.17. The molecule has 0 N–H and O–H groups in total. The normalized spacial score (nSPS) is 11.8. The van der Waals surface area contributed by atoms with Crippen molar-refractivity contribution in [1.29, 1.82) is 0 Å². The van der Waals surface area contributed by atoms with Crippen LogP contribution in [0.1, 0.15) is 31.9 Å². The molecule has 1 heteroatoms. The molecule has 0 aliphatic heterocycles. The molecule has 0 unspecified atom stereocenters. The third kappa shape index (κ3) is 1.84. The summed E-state index contributed by atoms with van der Waals surface area (Å²) in [6.45, 7) is 9.65. The molecule has 65 valence electrons. The molecule has 1 aromatic carbocycles. The molecule has 1 radical (unpaired) electrons. The summed E-state index contributed by atoms with van der Waals surface area (Å²) in [4.78, 5) is 0. The molecule has 1 rings (SSSR count). The Morgan fingerprint density at radius 3 is 2.25 bits per heavy atom. The first-order valence-corrected chi connectivity index (χ1v) is 4.03. The van der Waals surface area contributed by atoms with Gasteiger partial charge in [0.2, 0.25) is 0 Å². The average molecular weight is 165 g/mol. The average Bonchev–Trinajstić information content (AvgIpc) is 1.83. The van der Waals surface area contributed by atoms with Crippen LogP contribution in [0.5, 0.6) is 0 Å². The minimum Gasteiger partial charge on any atom is -0.207 e. The summed E-state index contributed by atoms with van der Waals surface area (Å²) in [5, 5.41) is 0. The summed E-state index contributed by atoms with van der Waals surface area (Å²) in [5.41, 5.74) is 1.34. The second kappa shape index (κ2) is 2.89. The van der Waals surface area contributed by atoms with Crippen LogP contribution in [0.4, 0.5) is 4.39 Å². The Kier molecular flexibility index (Phi) is 2.22. The number of rotatable bonds is 0. The van der Waals surface area contributed by atoms with Gasteiger partial charge >= 0.3 is 0 Å². The molecule has 0 saturated heterocycles. The van der Waals surface area contributed by atoms with Gasteiger partial charge in [-0.2, -0.15) is 0 Å². The van der Waals surface area contributed by atoms with Gasteiger partial charge in [-0.1, -0.05) is 32.9 Å². The zero-order chi connectivity index (χ0) is 9.35. The largest absolute Gasteiger partial charge is 0.207 e. The zero-order valence-electron chi connectivity index (χ0n) is 7.82. The molecule has 1 aromatic rings. The van der Waals surface area contributed by atoms with Crippen LogP contribution in [0.25, 0.3) is 0 Å². The maximum atomic E-state index is 13.3. The Balaban J connectivity index is 3.19. The Morgan fingerprint density at radius 2 is 1.83 bits per heavy atom. The fourth-order valence-electron chi connectivity index (χ4n) is 1.17. The lowest BCUT2D eigenvalue weighted by Crippen LogP contribution is -2.13. The predicted octanol–water partition coefficient (Wildman–Crippen LogP) is 3.31. The minimum atomic E-state index is -0.157. The van der Waals surface area contributed by atoms with Gasteiger partial charge in [-0.3, -0.25) is 0 Å². The molecular formula is C11H14F. The Morgan fingerprint density at radius 1 is 1.25 bits per heavy atom. The quantitative estimate of drug-likeness (QED) is 0.553. The Hall–Kier alpha value is -0.850.